The average molecular weight is 322 g/mol. The van der Waals surface area contributed by atoms with E-state index in [2.05, 4.69) is 25.3 Å². The second-order valence-corrected chi connectivity index (χ2v) is 5.26. The van der Waals surface area contributed by atoms with Crippen molar-refractivity contribution in [2.45, 2.75) is 25.4 Å². The lowest BCUT2D eigenvalue weighted by Crippen LogP contribution is -2.45. The van der Waals surface area contributed by atoms with Gasteiger partial charge in [-0.05, 0) is 18.9 Å². The van der Waals surface area contributed by atoms with Crippen molar-refractivity contribution >= 4 is 11.7 Å². The number of nitrogens with one attached hydrogen (secondary N) is 1. The molecule has 0 aromatic carbocycles. The van der Waals surface area contributed by atoms with Crippen molar-refractivity contribution in [1.82, 2.24) is 25.1 Å². The van der Waals surface area contributed by atoms with Crippen molar-refractivity contribution in [1.29, 1.82) is 0 Å². The van der Waals surface area contributed by atoms with Gasteiger partial charge >= 0.3 is 6.55 Å². The number of amides is 1. The number of hydrogen-bond donors (Lipinski definition) is 1. The van der Waals surface area contributed by atoms with Gasteiger partial charge in [0.25, 0.3) is 5.91 Å². The molecular formula is C14H16F2N6O. The van der Waals surface area contributed by atoms with Crippen LogP contribution in [-0.2, 0) is 0 Å². The Bertz CT molecular complexity index is 654. The van der Waals surface area contributed by atoms with Gasteiger partial charge in [0.2, 0.25) is 0 Å². The van der Waals surface area contributed by atoms with Gasteiger partial charge in [-0.3, -0.25) is 9.78 Å². The first-order valence-corrected chi connectivity index (χ1v) is 7.28. The van der Waals surface area contributed by atoms with Gasteiger partial charge < -0.3 is 10.2 Å². The number of piperidine rings is 1. The van der Waals surface area contributed by atoms with Crippen LogP contribution in [0.4, 0.5) is 14.6 Å². The molecule has 9 heteroatoms. The van der Waals surface area contributed by atoms with E-state index in [1.54, 1.807) is 18.6 Å². The Balaban J connectivity index is 1.53. The molecular weight excluding hydrogens is 306 g/mol. The van der Waals surface area contributed by atoms with Gasteiger partial charge in [0.1, 0.15) is 11.5 Å². The first-order valence-electron chi connectivity index (χ1n) is 7.28. The second kappa shape index (κ2) is 6.67. The molecule has 23 heavy (non-hydrogen) atoms. The molecule has 7 nitrogen and oxygen atoms in total. The zero-order valence-electron chi connectivity index (χ0n) is 12.3. The monoisotopic (exact) mass is 322 g/mol. The van der Waals surface area contributed by atoms with Gasteiger partial charge in [0.15, 0.2) is 0 Å². The quantitative estimate of drug-likeness (QED) is 0.922. The van der Waals surface area contributed by atoms with Crippen LogP contribution in [0, 0.1) is 0 Å². The largest absolute Gasteiger partial charge is 0.355 e. The van der Waals surface area contributed by atoms with Crippen molar-refractivity contribution in [3.05, 3.63) is 36.5 Å². The minimum absolute atomic E-state index is 0.00153. The van der Waals surface area contributed by atoms with Crippen molar-refractivity contribution in [2.75, 3.05) is 18.0 Å². The van der Waals surface area contributed by atoms with E-state index in [-0.39, 0.29) is 11.7 Å². The zero-order valence-corrected chi connectivity index (χ0v) is 12.3. The average Bonchev–Trinajstić information content (AvgIpc) is 3.07. The SMILES string of the molecule is O=C(NC1CCN(c2cnccn2)CC1)c1ccn(C(F)F)n1. The number of anilines is 1. The standard InChI is InChI=1S/C14H16F2N6O/c15-14(16)22-8-3-11(20-22)13(23)19-10-1-6-21(7-2-10)12-9-17-4-5-18-12/h3-5,8-10,14H,1-2,6-7H2,(H,19,23). The van der Waals surface area contributed by atoms with Gasteiger partial charge in [-0.15, -0.1) is 0 Å². The Morgan fingerprint density at radius 1 is 1.30 bits per heavy atom. The van der Waals surface area contributed by atoms with E-state index in [9.17, 15) is 13.6 Å². The van der Waals surface area contributed by atoms with Crippen molar-refractivity contribution in [3.8, 4) is 0 Å². The molecule has 3 heterocycles. The Kier molecular flexibility index (Phi) is 4.45. The smallest absolute Gasteiger partial charge is 0.333 e. The highest BCUT2D eigenvalue weighted by Crippen LogP contribution is 2.17. The number of rotatable bonds is 4. The Morgan fingerprint density at radius 2 is 2.09 bits per heavy atom. The number of aromatic nitrogens is 4. The molecule has 1 N–H and O–H groups in total. The maximum atomic E-state index is 12.5. The molecule has 2 aromatic heterocycles. The molecule has 0 saturated carbocycles. The van der Waals surface area contributed by atoms with Crippen molar-refractivity contribution in [3.63, 3.8) is 0 Å². The summed E-state index contributed by atoms with van der Waals surface area (Å²) in [7, 11) is 0. The van der Waals surface area contributed by atoms with Gasteiger partial charge in [0.05, 0.1) is 6.20 Å². The van der Waals surface area contributed by atoms with Crippen LogP contribution in [-0.4, -0.2) is 44.8 Å². The lowest BCUT2D eigenvalue weighted by atomic mass is 10.0. The summed E-state index contributed by atoms with van der Waals surface area (Å²) in [5, 5.41) is 6.40. The summed E-state index contributed by atoms with van der Waals surface area (Å²) in [5.74, 6) is 0.385. The fraction of sp³-hybridized carbons (Fsp3) is 0.429. The van der Waals surface area contributed by atoms with E-state index in [4.69, 9.17) is 0 Å². The van der Waals surface area contributed by atoms with Gasteiger partial charge in [0, 0.05) is 37.7 Å². The molecule has 1 amide bonds. The van der Waals surface area contributed by atoms with E-state index in [0.717, 1.165) is 37.9 Å². The summed E-state index contributed by atoms with van der Waals surface area (Å²) in [6, 6.07) is 1.28. The molecule has 2 aromatic rings. The third-order valence-electron chi connectivity index (χ3n) is 3.74. The minimum Gasteiger partial charge on any atom is -0.355 e. The third kappa shape index (κ3) is 3.61. The van der Waals surface area contributed by atoms with Gasteiger partial charge in [-0.1, -0.05) is 0 Å². The number of halogens is 2. The number of hydrogen-bond acceptors (Lipinski definition) is 5. The lowest BCUT2D eigenvalue weighted by molar-refractivity contribution is 0.0559. The normalized spacial score (nSPS) is 15.9. The molecule has 1 aliphatic heterocycles. The Morgan fingerprint density at radius 3 is 2.70 bits per heavy atom. The summed E-state index contributed by atoms with van der Waals surface area (Å²) >= 11 is 0. The molecule has 1 saturated heterocycles. The molecule has 1 aliphatic rings. The Hall–Kier alpha value is -2.58. The van der Waals surface area contributed by atoms with E-state index in [1.165, 1.54) is 6.07 Å². The maximum Gasteiger partial charge on any atom is 0.333 e. The van der Waals surface area contributed by atoms with E-state index >= 15 is 0 Å². The molecule has 0 bridgehead atoms. The van der Waals surface area contributed by atoms with Crippen molar-refractivity contribution < 1.29 is 13.6 Å². The highest BCUT2D eigenvalue weighted by atomic mass is 19.3. The van der Waals surface area contributed by atoms with Crippen LogP contribution < -0.4 is 10.2 Å². The first kappa shape index (κ1) is 15.3. The molecule has 0 atom stereocenters. The topological polar surface area (TPSA) is 75.9 Å². The van der Waals surface area contributed by atoms with Crippen molar-refractivity contribution in [2.24, 2.45) is 0 Å². The van der Waals surface area contributed by atoms with Crippen LogP contribution in [0.1, 0.15) is 29.9 Å². The summed E-state index contributed by atoms with van der Waals surface area (Å²) in [4.78, 5) is 22.4. The van der Waals surface area contributed by atoms with Crippen LogP contribution >= 0.6 is 0 Å². The van der Waals surface area contributed by atoms with Crippen LogP contribution in [0.5, 0.6) is 0 Å². The predicted octanol–water partition coefficient (Wildman–Crippen LogP) is 1.47. The lowest BCUT2D eigenvalue weighted by Gasteiger charge is -2.32. The summed E-state index contributed by atoms with van der Waals surface area (Å²) in [5.41, 5.74) is 0.00153. The molecule has 0 spiro atoms. The molecule has 3 rings (SSSR count). The highest BCUT2D eigenvalue weighted by molar-refractivity contribution is 5.92. The van der Waals surface area contributed by atoms with Crippen LogP contribution in [0.25, 0.3) is 0 Å². The van der Waals surface area contributed by atoms with Crippen LogP contribution in [0.3, 0.4) is 0 Å². The number of nitrogens with zero attached hydrogens (tertiary/aromatic N) is 5. The highest BCUT2D eigenvalue weighted by Gasteiger charge is 2.23. The van der Waals surface area contributed by atoms with Crippen LogP contribution in [0.2, 0.25) is 0 Å². The third-order valence-corrected chi connectivity index (χ3v) is 3.74. The fourth-order valence-electron chi connectivity index (χ4n) is 2.53. The number of carbonyl (C=O) groups excluding carboxylic acids is 1. The van der Waals surface area contributed by atoms with Crippen LogP contribution in [0.15, 0.2) is 30.9 Å². The summed E-state index contributed by atoms with van der Waals surface area (Å²) in [6.45, 7) is -1.25. The molecule has 0 aliphatic carbocycles. The minimum atomic E-state index is -2.74. The summed E-state index contributed by atoms with van der Waals surface area (Å²) < 4.78 is 25.4. The molecule has 1 fully saturated rings. The van der Waals surface area contributed by atoms with E-state index in [1.807, 2.05) is 0 Å². The van der Waals surface area contributed by atoms with Gasteiger partial charge in [-0.25, -0.2) is 9.67 Å². The molecule has 122 valence electrons. The number of alkyl halides is 2. The first-order chi connectivity index (χ1) is 11.1. The molecule has 0 radical (unpaired) electrons. The zero-order chi connectivity index (χ0) is 16.2. The number of carbonyl (C=O) groups is 1. The van der Waals surface area contributed by atoms with Gasteiger partial charge in [-0.2, -0.15) is 13.9 Å². The van der Waals surface area contributed by atoms with E-state index < -0.39 is 12.5 Å². The Labute approximate surface area is 131 Å². The maximum absolute atomic E-state index is 12.5. The van der Waals surface area contributed by atoms with E-state index in [0.29, 0.717) is 4.68 Å². The second-order valence-electron chi connectivity index (χ2n) is 5.26. The molecule has 0 unspecified atom stereocenters. The summed E-state index contributed by atoms with van der Waals surface area (Å²) in [6.07, 6.45) is 7.55. The fourth-order valence-corrected chi connectivity index (χ4v) is 2.53. The predicted molar refractivity (Wildman–Crippen MR) is 78.2 cm³/mol.